The van der Waals surface area contributed by atoms with E-state index >= 15 is 0 Å². The number of hydrogen-bond donors (Lipinski definition) is 0. The van der Waals surface area contributed by atoms with E-state index in [0.29, 0.717) is 0 Å². The Bertz CT molecular complexity index is 220. The van der Waals surface area contributed by atoms with Crippen molar-refractivity contribution in [3.05, 3.63) is 18.6 Å². The van der Waals surface area contributed by atoms with Gasteiger partial charge < -0.3 is 0 Å². The lowest BCUT2D eigenvalue weighted by Gasteiger charge is -2.35. The van der Waals surface area contributed by atoms with Crippen molar-refractivity contribution in [2.24, 2.45) is 17.8 Å². The molecule has 0 aliphatic heterocycles. The first-order chi connectivity index (χ1) is 8.40. The molecule has 0 nitrogen and oxygen atoms in total. The summed E-state index contributed by atoms with van der Waals surface area (Å²) in [6, 6.07) is 0. The normalized spacial score (nSPS) is 32.1. The van der Waals surface area contributed by atoms with E-state index in [1.54, 1.807) is 6.08 Å². The minimum absolute atomic E-state index is 0.298. The van der Waals surface area contributed by atoms with Crippen LogP contribution in [0.5, 0.6) is 0 Å². The van der Waals surface area contributed by atoms with Gasteiger partial charge in [-0.1, -0.05) is 12.2 Å². The summed E-state index contributed by atoms with van der Waals surface area (Å²) in [7, 11) is 0. The lowest BCUT2D eigenvalue weighted by Crippen LogP contribution is -2.23. The molecule has 2 aliphatic carbocycles. The van der Waals surface area contributed by atoms with Crippen molar-refractivity contribution in [2.45, 2.75) is 57.8 Å². The molecule has 0 atom stereocenters. The fraction of sp³-hybridized carbons (Fsp3) is 0.812. The molecule has 0 bridgehead atoms. The molecular formula is C16H26F. The van der Waals surface area contributed by atoms with Crippen molar-refractivity contribution in [1.29, 1.82) is 0 Å². The predicted molar refractivity (Wildman–Crippen MR) is 71.4 cm³/mol. The molecule has 0 aromatic rings. The van der Waals surface area contributed by atoms with Gasteiger partial charge in [0, 0.05) is 0 Å². The summed E-state index contributed by atoms with van der Waals surface area (Å²) in [6.07, 6.45) is 18.5. The molecule has 0 saturated heterocycles. The first-order valence-electron chi connectivity index (χ1n) is 7.42. The molecule has 0 N–H and O–H groups in total. The fourth-order valence-corrected chi connectivity index (χ4v) is 3.67. The van der Waals surface area contributed by atoms with Gasteiger partial charge in [-0.05, 0) is 82.0 Å². The molecule has 2 saturated carbocycles. The quantitative estimate of drug-likeness (QED) is 0.596. The Balaban J connectivity index is 1.68. The Kier molecular flexibility index (Phi) is 5.54. The number of allylic oxidation sites excluding steroid dienone is 2. The van der Waals surface area contributed by atoms with E-state index in [9.17, 15) is 4.39 Å². The van der Waals surface area contributed by atoms with Crippen molar-refractivity contribution in [3.63, 3.8) is 0 Å². The highest BCUT2D eigenvalue weighted by molar-refractivity contribution is 4.88. The molecule has 0 amide bonds. The van der Waals surface area contributed by atoms with Crippen LogP contribution < -0.4 is 0 Å². The molecule has 0 spiro atoms. The van der Waals surface area contributed by atoms with Gasteiger partial charge in [-0.25, -0.2) is 4.39 Å². The van der Waals surface area contributed by atoms with Crippen LogP contribution in [0.4, 0.5) is 4.39 Å². The molecule has 17 heavy (non-hydrogen) atoms. The Labute approximate surface area is 106 Å². The largest absolute Gasteiger partial charge is 0.247 e. The number of rotatable bonds is 4. The van der Waals surface area contributed by atoms with Gasteiger partial charge >= 0.3 is 0 Å². The second-order valence-corrected chi connectivity index (χ2v) is 5.85. The van der Waals surface area contributed by atoms with Gasteiger partial charge in [0.15, 0.2) is 0 Å². The summed E-state index contributed by atoms with van der Waals surface area (Å²) < 4.78 is 12.0. The smallest absolute Gasteiger partial charge is 0.108 e. The zero-order valence-corrected chi connectivity index (χ0v) is 10.9. The van der Waals surface area contributed by atoms with Crippen LogP contribution in [0.25, 0.3) is 0 Å². The zero-order chi connectivity index (χ0) is 11.9. The van der Waals surface area contributed by atoms with Gasteiger partial charge in [0.25, 0.3) is 0 Å². The summed E-state index contributed by atoms with van der Waals surface area (Å²) in [5.41, 5.74) is 0. The van der Waals surface area contributed by atoms with Gasteiger partial charge in [0.1, 0.15) is 6.67 Å². The molecule has 0 heterocycles. The average Bonchev–Trinajstić information content (AvgIpc) is 2.41. The minimum atomic E-state index is -0.298. The van der Waals surface area contributed by atoms with Crippen molar-refractivity contribution in [3.8, 4) is 0 Å². The number of halogens is 1. The highest BCUT2D eigenvalue weighted by Crippen LogP contribution is 2.40. The average molecular weight is 237 g/mol. The van der Waals surface area contributed by atoms with Crippen molar-refractivity contribution in [1.82, 2.24) is 0 Å². The highest BCUT2D eigenvalue weighted by atomic mass is 19.1. The van der Waals surface area contributed by atoms with Crippen LogP contribution in [0.15, 0.2) is 12.2 Å². The molecule has 2 fully saturated rings. The fourth-order valence-electron chi connectivity index (χ4n) is 3.67. The Morgan fingerprint density at radius 2 is 1.53 bits per heavy atom. The maximum atomic E-state index is 12.0. The maximum absolute atomic E-state index is 12.0. The third kappa shape index (κ3) is 4.12. The van der Waals surface area contributed by atoms with E-state index in [1.807, 2.05) is 6.08 Å². The van der Waals surface area contributed by atoms with Crippen molar-refractivity contribution < 1.29 is 4.39 Å². The molecular weight excluding hydrogens is 211 g/mol. The first-order valence-corrected chi connectivity index (χ1v) is 7.42. The van der Waals surface area contributed by atoms with Gasteiger partial charge in [-0.3, -0.25) is 0 Å². The van der Waals surface area contributed by atoms with Crippen LogP contribution in [0.3, 0.4) is 0 Å². The second kappa shape index (κ2) is 7.18. The first kappa shape index (κ1) is 13.1. The maximum Gasteiger partial charge on any atom is 0.108 e. The lowest BCUT2D eigenvalue weighted by molar-refractivity contribution is 0.178. The van der Waals surface area contributed by atoms with Gasteiger partial charge in [-0.2, -0.15) is 0 Å². The SMILES string of the molecule is FC/C=C/CC1CCC(C2CC[CH]CC2)CC1. The molecule has 0 aromatic heterocycles. The topological polar surface area (TPSA) is 0 Å². The Hall–Kier alpha value is -0.330. The summed E-state index contributed by atoms with van der Waals surface area (Å²) in [4.78, 5) is 0. The second-order valence-electron chi connectivity index (χ2n) is 5.85. The standard InChI is InChI=1S/C16H26F/c17-13-5-4-6-14-9-11-16(12-10-14)15-7-2-1-3-8-15/h1,4-5,14-16H,2-3,6-13H2/b5-4+. The molecule has 1 heteroatoms. The summed E-state index contributed by atoms with van der Waals surface area (Å²) in [5, 5.41) is 0. The van der Waals surface area contributed by atoms with Crippen molar-refractivity contribution in [2.75, 3.05) is 6.67 Å². The van der Waals surface area contributed by atoms with Crippen LogP contribution in [0, 0.1) is 24.2 Å². The number of hydrogen-bond acceptors (Lipinski definition) is 0. The van der Waals surface area contributed by atoms with Crippen LogP contribution in [0.1, 0.15) is 57.8 Å². The van der Waals surface area contributed by atoms with Crippen LogP contribution >= 0.6 is 0 Å². The van der Waals surface area contributed by atoms with E-state index in [0.717, 1.165) is 24.2 Å². The van der Waals surface area contributed by atoms with E-state index in [1.165, 1.54) is 51.4 Å². The molecule has 97 valence electrons. The van der Waals surface area contributed by atoms with Gasteiger partial charge in [-0.15, -0.1) is 0 Å². The lowest BCUT2D eigenvalue weighted by atomic mass is 9.70. The Morgan fingerprint density at radius 1 is 0.882 bits per heavy atom. The summed E-state index contributed by atoms with van der Waals surface area (Å²) in [5.74, 6) is 2.86. The van der Waals surface area contributed by atoms with Crippen LogP contribution in [-0.4, -0.2) is 6.67 Å². The zero-order valence-electron chi connectivity index (χ0n) is 10.9. The third-order valence-corrected chi connectivity index (χ3v) is 4.77. The molecule has 0 unspecified atom stereocenters. The third-order valence-electron chi connectivity index (χ3n) is 4.77. The van der Waals surface area contributed by atoms with E-state index in [-0.39, 0.29) is 6.67 Å². The molecule has 2 rings (SSSR count). The van der Waals surface area contributed by atoms with Gasteiger partial charge in [0.05, 0.1) is 0 Å². The molecule has 2 aliphatic rings. The Morgan fingerprint density at radius 3 is 2.18 bits per heavy atom. The van der Waals surface area contributed by atoms with Crippen molar-refractivity contribution >= 4 is 0 Å². The predicted octanol–water partition coefficient (Wildman–Crippen LogP) is 5.10. The number of alkyl halides is 1. The molecule has 1 radical (unpaired) electrons. The van der Waals surface area contributed by atoms with Crippen LogP contribution in [0.2, 0.25) is 0 Å². The summed E-state index contributed by atoms with van der Waals surface area (Å²) >= 11 is 0. The van der Waals surface area contributed by atoms with E-state index in [2.05, 4.69) is 6.42 Å². The monoisotopic (exact) mass is 237 g/mol. The molecule has 0 aromatic carbocycles. The highest BCUT2D eigenvalue weighted by Gasteiger charge is 2.27. The van der Waals surface area contributed by atoms with E-state index in [4.69, 9.17) is 0 Å². The summed E-state index contributed by atoms with van der Waals surface area (Å²) in [6.45, 7) is -0.298. The minimum Gasteiger partial charge on any atom is -0.247 e. The van der Waals surface area contributed by atoms with E-state index < -0.39 is 0 Å². The van der Waals surface area contributed by atoms with Crippen LogP contribution in [-0.2, 0) is 0 Å². The van der Waals surface area contributed by atoms with Gasteiger partial charge in [0.2, 0.25) is 0 Å².